The van der Waals surface area contributed by atoms with Gasteiger partial charge in [-0.1, -0.05) is 18.2 Å². The van der Waals surface area contributed by atoms with Gasteiger partial charge in [-0.15, -0.1) is 0 Å². The number of aromatic nitrogens is 2. The van der Waals surface area contributed by atoms with Crippen molar-refractivity contribution in [3.63, 3.8) is 0 Å². The highest BCUT2D eigenvalue weighted by Crippen LogP contribution is 2.21. The molecule has 1 saturated heterocycles. The lowest BCUT2D eigenvalue weighted by atomic mass is 10.1. The number of fused-ring (bicyclic) bond motifs is 1. The van der Waals surface area contributed by atoms with Crippen LogP contribution in [0.15, 0.2) is 54.4 Å². The molecule has 1 aliphatic rings. The van der Waals surface area contributed by atoms with E-state index in [0.29, 0.717) is 17.0 Å². The number of H-pyrrole nitrogens is 1. The molecule has 0 unspecified atom stereocenters. The summed E-state index contributed by atoms with van der Waals surface area (Å²) in [5, 5.41) is 7.44. The quantitative estimate of drug-likeness (QED) is 0.607. The number of nitrogens with one attached hydrogen (secondary N) is 2. The van der Waals surface area contributed by atoms with Gasteiger partial charge in [0.25, 0.3) is 5.91 Å². The Morgan fingerprint density at radius 3 is 2.50 bits per heavy atom. The summed E-state index contributed by atoms with van der Waals surface area (Å²) in [5.74, 6) is -0.166. The third-order valence-corrected chi connectivity index (χ3v) is 4.46. The second kappa shape index (κ2) is 8.47. The van der Waals surface area contributed by atoms with Crippen molar-refractivity contribution in [1.29, 1.82) is 5.41 Å². The van der Waals surface area contributed by atoms with Crippen LogP contribution in [0.4, 0.5) is 4.39 Å². The summed E-state index contributed by atoms with van der Waals surface area (Å²) >= 11 is 0. The van der Waals surface area contributed by atoms with Gasteiger partial charge in [0.05, 0.1) is 11.0 Å². The van der Waals surface area contributed by atoms with E-state index in [1.54, 1.807) is 42.3 Å². The molecule has 144 valence electrons. The molecule has 0 bridgehead atoms. The summed E-state index contributed by atoms with van der Waals surface area (Å²) in [6, 6.07) is 11.6. The minimum absolute atomic E-state index is 0.0126. The van der Waals surface area contributed by atoms with Crippen LogP contribution in [-0.2, 0) is 0 Å². The van der Waals surface area contributed by atoms with E-state index >= 15 is 0 Å². The van der Waals surface area contributed by atoms with E-state index in [-0.39, 0.29) is 11.7 Å². The van der Waals surface area contributed by atoms with Crippen LogP contribution in [0.5, 0.6) is 0 Å². The molecule has 0 aliphatic carbocycles. The van der Waals surface area contributed by atoms with Crippen molar-refractivity contribution in [3.05, 3.63) is 71.4 Å². The number of halogens is 1. The van der Waals surface area contributed by atoms with Crippen LogP contribution in [0.1, 0.15) is 29.4 Å². The SMILES string of the molecule is C/C(N)=C(/C=N)c1cnc2cc(C(=O)N3CCC3)[nH]c2c1.Fc1ccccc1. The fourth-order valence-corrected chi connectivity index (χ4v) is 2.80. The van der Waals surface area contributed by atoms with Crippen LogP contribution in [0.25, 0.3) is 16.6 Å². The van der Waals surface area contributed by atoms with Gasteiger partial charge in [-0.3, -0.25) is 9.78 Å². The maximum Gasteiger partial charge on any atom is 0.270 e. The van der Waals surface area contributed by atoms with Gasteiger partial charge in [-0.25, -0.2) is 4.39 Å². The Morgan fingerprint density at radius 1 is 1.29 bits per heavy atom. The number of nitrogens with two attached hydrogens (primary N) is 1. The van der Waals surface area contributed by atoms with Crippen molar-refractivity contribution in [1.82, 2.24) is 14.9 Å². The smallest absolute Gasteiger partial charge is 0.270 e. The van der Waals surface area contributed by atoms with Crippen molar-refractivity contribution in [2.75, 3.05) is 13.1 Å². The Labute approximate surface area is 162 Å². The molecule has 0 atom stereocenters. The Hall–Kier alpha value is -3.48. The third kappa shape index (κ3) is 4.25. The molecule has 4 N–H and O–H groups in total. The number of allylic oxidation sites excluding steroid dienone is 2. The molecule has 28 heavy (non-hydrogen) atoms. The fraction of sp³-hybridized carbons (Fsp3) is 0.190. The number of pyridine rings is 1. The Morgan fingerprint density at radius 2 is 2.00 bits per heavy atom. The lowest BCUT2D eigenvalue weighted by Gasteiger charge is -2.30. The molecule has 0 saturated carbocycles. The second-order valence-corrected chi connectivity index (χ2v) is 6.52. The van der Waals surface area contributed by atoms with Crippen molar-refractivity contribution in [2.24, 2.45) is 5.73 Å². The predicted molar refractivity (Wildman–Crippen MR) is 109 cm³/mol. The first kappa shape index (κ1) is 19.3. The topological polar surface area (TPSA) is 98.9 Å². The summed E-state index contributed by atoms with van der Waals surface area (Å²) in [4.78, 5) is 21.4. The number of aromatic amines is 1. The second-order valence-electron chi connectivity index (χ2n) is 6.52. The van der Waals surface area contributed by atoms with E-state index in [9.17, 15) is 9.18 Å². The highest BCUT2D eigenvalue weighted by Gasteiger charge is 2.23. The summed E-state index contributed by atoms with van der Waals surface area (Å²) in [5.41, 5.74) is 9.80. The Balaban J connectivity index is 0.000000271. The Bertz CT molecular complexity index is 1020. The van der Waals surface area contributed by atoms with Crippen LogP contribution in [-0.4, -0.2) is 40.1 Å². The maximum absolute atomic E-state index is 12.2. The minimum atomic E-state index is -0.178. The van der Waals surface area contributed by atoms with Crippen LogP contribution in [0.3, 0.4) is 0 Å². The number of carbonyl (C=O) groups is 1. The van der Waals surface area contributed by atoms with E-state index < -0.39 is 0 Å². The van der Waals surface area contributed by atoms with Gasteiger partial charge < -0.3 is 21.0 Å². The lowest BCUT2D eigenvalue weighted by molar-refractivity contribution is 0.0646. The van der Waals surface area contributed by atoms with E-state index in [0.717, 1.165) is 36.1 Å². The number of hydrogen-bond donors (Lipinski definition) is 3. The molecule has 1 fully saturated rings. The van der Waals surface area contributed by atoms with E-state index in [4.69, 9.17) is 11.1 Å². The van der Waals surface area contributed by atoms with Gasteiger partial charge in [-0.05, 0) is 37.6 Å². The molecule has 1 aromatic carbocycles. The van der Waals surface area contributed by atoms with Crippen molar-refractivity contribution in [3.8, 4) is 0 Å². The first-order valence-corrected chi connectivity index (χ1v) is 8.95. The van der Waals surface area contributed by atoms with Gasteiger partial charge in [0.15, 0.2) is 0 Å². The zero-order chi connectivity index (χ0) is 20.1. The van der Waals surface area contributed by atoms with Gasteiger partial charge >= 0.3 is 0 Å². The number of amides is 1. The average molecular weight is 379 g/mol. The normalized spacial score (nSPS) is 13.9. The number of carbonyl (C=O) groups excluding carboxylic acids is 1. The highest BCUT2D eigenvalue weighted by molar-refractivity contribution is 6.10. The molecule has 0 radical (unpaired) electrons. The summed E-state index contributed by atoms with van der Waals surface area (Å²) in [7, 11) is 0. The zero-order valence-electron chi connectivity index (χ0n) is 15.6. The van der Waals surface area contributed by atoms with Crippen LogP contribution in [0.2, 0.25) is 0 Å². The summed E-state index contributed by atoms with van der Waals surface area (Å²) < 4.78 is 11.9. The zero-order valence-corrected chi connectivity index (χ0v) is 15.6. The molecule has 3 aromatic rings. The summed E-state index contributed by atoms with van der Waals surface area (Å²) in [6.45, 7) is 3.39. The van der Waals surface area contributed by atoms with Gasteiger partial charge in [-0.2, -0.15) is 0 Å². The van der Waals surface area contributed by atoms with Crippen molar-refractivity contribution in [2.45, 2.75) is 13.3 Å². The number of benzene rings is 1. The lowest BCUT2D eigenvalue weighted by Crippen LogP contribution is -2.42. The largest absolute Gasteiger partial charge is 0.402 e. The van der Waals surface area contributed by atoms with Crippen LogP contribution < -0.4 is 5.73 Å². The average Bonchev–Trinajstić information content (AvgIpc) is 3.05. The first-order chi connectivity index (χ1) is 13.5. The van der Waals surface area contributed by atoms with Crippen LogP contribution in [0, 0.1) is 11.2 Å². The van der Waals surface area contributed by atoms with Gasteiger partial charge in [0.2, 0.25) is 0 Å². The number of nitrogens with zero attached hydrogens (tertiary/aromatic N) is 2. The molecular weight excluding hydrogens is 357 g/mol. The van der Waals surface area contributed by atoms with Crippen molar-refractivity contribution >= 4 is 28.7 Å². The molecule has 6 nitrogen and oxygen atoms in total. The molecular formula is C21H22FN5O. The number of hydrogen-bond acceptors (Lipinski definition) is 4. The number of likely N-dealkylation sites (tertiary alicyclic amines) is 1. The summed E-state index contributed by atoms with van der Waals surface area (Å²) in [6.07, 6.45) is 3.95. The Kier molecular flexibility index (Phi) is 5.84. The fourth-order valence-electron chi connectivity index (χ4n) is 2.80. The van der Waals surface area contributed by atoms with Gasteiger partial charge in [0.1, 0.15) is 11.5 Å². The standard InChI is InChI=1S/C15H17N5O.C6H5F/c1-9(17)11(7-16)10-5-13-12(18-8-10)6-14(19-13)15(21)20-3-2-4-20;7-6-4-2-1-3-5-6/h5-8,16,19H,2-4,17H2,1H3;1-5H/b11-9+,16-7?;. The maximum atomic E-state index is 12.2. The van der Waals surface area contributed by atoms with E-state index in [2.05, 4.69) is 9.97 Å². The highest BCUT2D eigenvalue weighted by atomic mass is 19.1. The minimum Gasteiger partial charge on any atom is -0.402 e. The molecule has 2 aromatic heterocycles. The van der Waals surface area contributed by atoms with Crippen molar-refractivity contribution < 1.29 is 9.18 Å². The van der Waals surface area contributed by atoms with Gasteiger partial charge in [0, 0.05) is 42.3 Å². The molecule has 1 aliphatic heterocycles. The molecule has 1 amide bonds. The first-order valence-electron chi connectivity index (χ1n) is 8.95. The molecule has 3 heterocycles. The van der Waals surface area contributed by atoms with E-state index in [1.807, 2.05) is 6.07 Å². The van der Waals surface area contributed by atoms with E-state index in [1.165, 1.54) is 18.3 Å². The monoisotopic (exact) mass is 379 g/mol. The molecule has 4 rings (SSSR count). The predicted octanol–water partition coefficient (Wildman–Crippen LogP) is 3.57. The third-order valence-electron chi connectivity index (χ3n) is 4.46. The number of rotatable bonds is 3. The van der Waals surface area contributed by atoms with Crippen LogP contribution >= 0.6 is 0 Å². The molecule has 0 spiro atoms. The molecule has 7 heteroatoms.